The molecule has 4 aromatic rings. The van der Waals surface area contributed by atoms with Crippen LogP contribution in [0.5, 0.6) is 0 Å². The molecule has 0 bridgehead atoms. The molecule has 4 rings (SSSR count). The zero-order valence-corrected chi connectivity index (χ0v) is 14.0. The van der Waals surface area contributed by atoms with Gasteiger partial charge in [-0.3, -0.25) is 9.89 Å². The van der Waals surface area contributed by atoms with Gasteiger partial charge in [0.05, 0.1) is 16.5 Å². The van der Waals surface area contributed by atoms with Crippen molar-refractivity contribution in [2.24, 2.45) is 0 Å². The van der Waals surface area contributed by atoms with Gasteiger partial charge in [0.1, 0.15) is 5.69 Å². The summed E-state index contributed by atoms with van der Waals surface area (Å²) in [7, 11) is 0. The van der Waals surface area contributed by atoms with Crippen LogP contribution in [0, 0.1) is 0 Å². The van der Waals surface area contributed by atoms with Gasteiger partial charge in [-0.2, -0.15) is 5.10 Å². The molecule has 7 nitrogen and oxygen atoms in total. The van der Waals surface area contributed by atoms with Crippen molar-refractivity contribution in [2.45, 2.75) is 0 Å². The van der Waals surface area contributed by atoms with Crippen molar-refractivity contribution < 1.29 is 9.21 Å². The minimum absolute atomic E-state index is 0.236. The van der Waals surface area contributed by atoms with Crippen LogP contribution in [-0.2, 0) is 0 Å². The van der Waals surface area contributed by atoms with Crippen molar-refractivity contribution >= 4 is 32.6 Å². The third-order valence-electron chi connectivity index (χ3n) is 3.58. The Hall–Kier alpha value is -3.13. The Kier molecular flexibility index (Phi) is 4.17. The van der Waals surface area contributed by atoms with E-state index in [1.807, 2.05) is 24.3 Å². The second-order valence-electron chi connectivity index (χ2n) is 5.31. The number of H-pyrrole nitrogens is 1. The summed E-state index contributed by atoms with van der Waals surface area (Å²) in [5.41, 5.74) is 1.97. The molecule has 0 atom stereocenters. The molecule has 0 aliphatic heterocycles. The number of anilines is 1. The molecule has 25 heavy (non-hydrogen) atoms. The third-order valence-corrected chi connectivity index (χ3v) is 4.57. The molecular weight excluding hydrogens is 338 g/mol. The van der Waals surface area contributed by atoms with E-state index in [4.69, 9.17) is 4.42 Å². The number of furan rings is 1. The molecule has 0 saturated heterocycles. The molecular formula is C17H15N5O2S. The van der Waals surface area contributed by atoms with Crippen LogP contribution in [0.3, 0.4) is 0 Å². The second-order valence-corrected chi connectivity index (χ2v) is 6.34. The van der Waals surface area contributed by atoms with Crippen LogP contribution in [0.15, 0.2) is 53.1 Å². The van der Waals surface area contributed by atoms with Crippen LogP contribution in [-0.4, -0.2) is 34.2 Å². The lowest BCUT2D eigenvalue weighted by molar-refractivity contribution is 0.0950. The number of carbonyl (C=O) groups excluding carboxylic acids is 1. The minimum atomic E-state index is -0.236. The first kappa shape index (κ1) is 15.4. The van der Waals surface area contributed by atoms with Gasteiger partial charge < -0.3 is 15.1 Å². The molecule has 3 heterocycles. The van der Waals surface area contributed by atoms with E-state index in [1.165, 1.54) is 0 Å². The number of benzene rings is 1. The van der Waals surface area contributed by atoms with E-state index in [2.05, 4.69) is 25.8 Å². The highest BCUT2D eigenvalue weighted by Gasteiger charge is 2.12. The van der Waals surface area contributed by atoms with Crippen molar-refractivity contribution in [1.29, 1.82) is 0 Å². The number of carbonyl (C=O) groups is 1. The molecule has 0 aliphatic carbocycles. The van der Waals surface area contributed by atoms with Gasteiger partial charge in [0.2, 0.25) is 0 Å². The number of fused-ring (bicyclic) bond motifs is 1. The number of aromatic nitrogens is 3. The number of hydrogen-bond donors (Lipinski definition) is 3. The summed E-state index contributed by atoms with van der Waals surface area (Å²) in [5.74, 6) is 0.407. The standard InChI is InChI=1S/C17H15N5O2S/c23-16(13-10-12(21-22-13)14-5-3-9-24-14)18-7-8-19-17-20-11-4-1-2-6-15(11)25-17/h1-6,9-10H,7-8H2,(H,18,23)(H,19,20)(H,21,22). The first-order valence-corrected chi connectivity index (χ1v) is 8.58. The van der Waals surface area contributed by atoms with E-state index in [9.17, 15) is 4.79 Å². The minimum Gasteiger partial charge on any atom is -0.463 e. The van der Waals surface area contributed by atoms with Crippen molar-refractivity contribution in [3.8, 4) is 11.5 Å². The largest absolute Gasteiger partial charge is 0.463 e. The molecule has 3 aromatic heterocycles. The number of aromatic amines is 1. The van der Waals surface area contributed by atoms with Crippen LogP contribution < -0.4 is 10.6 Å². The number of para-hydroxylation sites is 1. The Morgan fingerprint density at radius 2 is 2.12 bits per heavy atom. The first-order valence-electron chi connectivity index (χ1n) is 7.76. The molecule has 0 saturated carbocycles. The maximum Gasteiger partial charge on any atom is 0.271 e. The van der Waals surface area contributed by atoms with Gasteiger partial charge in [-0.1, -0.05) is 23.5 Å². The van der Waals surface area contributed by atoms with Crippen LogP contribution in [0.1, 0.15) is 10.5 Å². The smallest absolute Gasteiger partial charge is 0.271 e. The maximum atomic E-state index is 12.1. The van der Waals surface area contributed by atoms with Crippen molar-refractivity contribution in [1.82, 2.24) is 20.5 Å². The molecule has 3 N–H and O–H groups in total. The molecule has 1 amide bonds. The van der Waals surface area contributed by atoms with E-state index in [0.29, 0.717) is 30.2 Å². The average Bonchev–Trinajstić information content (AvgIpc) is 3.37. The predicted octanol–water partition coefficient (Wildman–Crippen LogP) is 3.12. The number of thiazole rings is 1. The van der Waals surface area contributed by atoms with E-state index >= 15 is 0 Å². The topological polar surface area (TPSA) is 95.8 Å². The fourth-order valence-corrected chi connectivity index (χ4v) is 3.27. The van der Waals surface area contributed by atoms with Crippen molar-refractivity contribution in [2.75, 3.05) is 18.4 Å². The maximum absolute atomic E-state index is 12.1. The van der Waals surface area contributed by atoms with Crippen LogP contribution >= 0.6 is 11.3 Å². The zero-order valence-electron chi connectivity index (χ0n) is 13.2. The van der Waals surface area contributed by atoms with Crippen LogP contribution in [0.2, 0.25) is 0 Å². The van der Waals surface area contributed by atoms with Crippen LogP contribution in [0.4, 0.5) is 5.13 Å². The third kappa shape index (κ3) is 3.38. The highest BCUT2D eigenvalue weighted by molar-refractivity contribution is 7.22. The number of nitrogens with one attached hydrogen (secondary N) is 3. The summed E-state index contributed by atoms with van der Waals surface area (Å²) < 4.78 is 6.40. The van der Waals surface area contributed by atoms with Gasteiger partial charge in [0.25, 0.3) is 5.91 Å². The Balaban J connectivity index is 1.29. The molecule has 0 radical (unpaired) electrons. The fraction of sp³-hybridized carbons (Fsp3) is 0.118. The SMILES string of the molecule is O=C(NCCNc1nc2ccccc2s1)c1cc(-c2ccco2)[nH]n1. The molecule has 8 heteroatoms. The van der Waals surface area contributed by atoms with E-state index in [1.54, 1.807) is 35.8 Å². The highest BCUT2D eigenvalue weighted by atomic mass is 32.1. The summed E-state index contributed by atoms with van der Waals surface area (Å²) >= 11 is 1.59. The molecule has 1 aromatic carbocycles. The van der Waals surface area contributed by atoms with Crippen molar-refractivity contribution in [3.63, 3.8) is 0 Å². The zero-order chi connectivity index (χ0) is 17.1. The van der Waals surface area contributed by atoms with E-state index < -0.39 is 0 Å². The molecule has 0 spiro atoms. The quantitative estimate of drug-likeness (QED) is 0.463. The highest BCUT2D eigenvalue weighted by Crippen LogP contribution is 2.25. The van der Waals surface area contributed by atoms with Gasteiger partial charge in [0.15, 0.2) is 16.6 Å². The lowest BCUT2D eigenvalue weighted by Gasteiger charge is -2.03. The van der Waals surface area contributed by atoms with Crippen LogP contribution in [0.25, 0.3) is 21.7 Å². The number of hydrogen-bond acceptors (Lipinski definition) is 6. The predicted molar refractivity (Wildman–Crippen MR) is 96.7 cm³/mol. The average molecular weight is 353 g/mol. The lowest BCUT2D eigenvalue weighted by atomic mass is 10.3. The molecule has 0 unspecified atom stereocenters. The molecule has 126 valence electrons. The van der Waals surface area contributed by atoms with E-state index in [-0.39, 0.29) is 5.91 Å². The van der Waals surface area contributed by atoms with Gasteiger partial charge in [-0.05, 0) is 24.3 Å². The monoisotopic (exact) mass is 353 g/mol. The molecule has 0 fully saturated rings. The summed E-state index contributed by atoms with van der Waals surface area (Å²) in [4.78, 5) is 16.6. The fourth-order valence-electron chi connectivity index (χ4n) is 2.38. The summed E-state index contributed by atoms with van der Waals surface area (Å²) in [6, 6.07) is 13.2. The lowest BCUT2D eigenvalue weighted by Crippen LogP contribution is -2.29. The Bertz CT molecular complexity index is 956. The van der Waals surface area contributed by atoms with Gasteiger partial charge in [0, 0.05) is 19.2 Å². The van der Waals surface area contributed by atoms with Gasteiger partial charge in [-0.25, -0.2) is 4.98 Å². The van der Waals surface area contributed by atoms with E-state index in [0.717, 1.165) is 15.3 Å². The van der Waals surface area contributed by atoms with Crippen molar-refractivity contribution in [3.05, 3.63) is 54.4 Å². The van der Waals surface area contributed by atoms with Gasteiger partial charge in [-0.15, -0.1) is 0 Å². The Morgan fingerprint density at radius 1 is 1.20 bits per heavy atom. The Morgan fingerprint density at radius 3 is 2.96 bits per heavy atom. The molecule has 0 aliphatic rings. The summed E-state index contributed by atoms with van der Waals surface area (Å²) in [5, 5.41) is 13.7. The first-order chi connectivity index (χ1) is 12.3. The van der Waals surface area contributed by atoms with Gasteiger partial charge >= 0.3 is 0 Å². The Labute approximate surface area is 147 Å². The second kappa shape index (κ2) is 6.78. The number of amides is 1. The number of nitrogens with zero attached hydrogens (tertiary/aromatic N) is 2. The summed E-state index contributed by atoms with van der Waals surface area (Å²) in [6.07, 6.45) is 1.57. The number of rotatable bonds is 6. The summed E-state index contributed by atoms with van der Waals surface area (Å²) in [6.45, 7) is 1.05. The normalized spacial score (nSPS) is 10.9.